The molecule has 0 bridgehead atoms. The molecule has 33 heavy (non-hydrogen) atoms. The second-order valence-corrected chi connectivity index (χ2v) is 9.99. The molecule has 6 rings (SSSR count). The molecule has 2 fully saturated rings. The first kappa shape index (κ1) is 20.6. The Labute approximate surface area is 196 Å². The molecule has 2 aromatic carbocycles. The lowest BCUT2D eigenvalue weighted by Crippen LogP contribution is -2.36. The Morgan fingerprint density at radius 1 is 1.09 bits per heavy atom. The number of nitrogens with zero attached hydrogens (tertiary/aromatic N) is 3. The minimum absolute atomic E-state index is 0.0150. The molecule has 7 nitrogen and oxygen atoms in total. The fourth-order valence-electron chi connectivity index (χ4n) is 4.98. The summed E-state index contributed by atoms with van der Waals surface area (Å²) < 4.78 is 6.47. The average molecular weight is 463 g/mol. The number of morpholine rings is 1. The maximum absolute atomic E-state index is 13.0. The monoisotopic (exact) mass is 462 g/mol. The first-order chi connectivity index (χ1) is 16.1. The van der Waals surface area contributed by atoms with E-state index < -0.39 is 0 Å². The molecule has 170 valence electrons. The predicted molar refractivity (Wildman–Crippen MR) is 130 cm³/mol. The lowest BCUT2D eigenvalue weighted by molar-refractivity contribution is -0.122. The van der Waals surface area contributed by atoms with Gasteiger partial charge in [0.05, 0.1) is 29.3 Å². The summed E-state index contributed by atoms with van der Waals surface area (Å²) in [6.45, 7) is 3.56. The molecule has 0 saturated carbocycles. The molecule has 1 atom stereocenters. The predicted octanol–water partition coefficient (Wildman–Crippen LogP) is 3.61. The number of nitrogens with one attached hydrogen (secondary N) is 1. The van der Waals surface area contributed by atoms with Crippen molar-refractivity contribution < 1.29 is 14.3 Å². The van der Waals surface area contributed by atoms with Gasteiger partial charge in [-0.3, -0.25) is 9.59 Å². The van der Waals surface area contributed by atoms with Gasteiger partial charge in [-0.15, -0.1) is 0 Å². The van der Waals surface area contributed by atoms with Crippen molar-refractivity contribution in [3.63, 3.8) is 0 Å². The van der Waals surface area contributed by atoms with Crippen molar-refractivity contribution in [3.8, 4) is 0 Å². The Hall–Kier alpha value is -2.97. The van der Waals surface area contributed by atoms with Crippen LogP contribution in [0.25, 0.3) is 10.2 Å². The minimum atomic E-state index is -0.355. The van der Waals surface area contributed by atoms with Gasteiger partial charge in [-0.05, 0) is 60.7 Å². The smallest absolute Gasteiger partial charge is 0.229 e. The fourth-order valence-corrected chi connectivity index (χ4v) is 6.04. The summed E-state index contributed by atoms with van der Waals surface area (Å²) in [6.07, 6.45) is 3.61. The summed E-state index contributed by atoms with van der Waals surface area (Å²) in [4.78, 5) is 34.4. The van der Waals surface area contributed by atoms with E-state index >= 15 is 0 Å². The fraction of sp³-hybridized carbons (Fsp3) is 0.400. The topological polar surface area (TPSA) is 74.8 Å². The van der Waals surface area contributed by atoms with Crippen molar-refractivity contribution in [2.75, 3.05) is 48.0 Å². The lowest BCUT2D eigenvalue weighted by atomic mass is 10.1. The molecule has 0 radical (unpaired) electrons. The van der Waals surface area contributed by atoms with Gasteiger partial charge >= 0.3 is 0 Å². The Morgan fingerprint density at radius 3 is 2.82 bits per heavy atom. The van der Waals surface area contributed by atoms with Gasteiger partial charge in [-0.1, -0.05) is 17.4 Å². The van der Waals surface area contributed by atoms with Crippen LogP contribution in [0.15, 0.2) is 36.4 Å². The number of hydrogen-bond donors (Lipinski definition) is 1. The number of ether oxygens (including phenoxy) is 1. The normalized spacial score (nSPS) is 20.5. The molecule has 2 amide bonds. The highest BCUT2D eigenvalue weighted by atomic mass is 32.1. The summed E-state index contributed by atoms with van der Waals surface area (Å²) in [5.41, 5.74) is 5.31. The maximum atomic E-state index is 13.0. The molecule has 1 unspecified atom stereocenters. The summed E-state index contributed by atoms with van der Waals surface area (Å²) in [7, 11) is 0. The Morgan fingerprint density at radius 2 is 1.94 bits per heavy atom. The van der Waals surface area contributed by atoms with E-state index in [4.69, 9.17) is 9.72 Å². The second kappa shape index (κ2) is 8.43. The van der Waals surface area contributed by atoms with Gasteiger partial charge in [0.2, 0.25) is 11.8 Å². The minimum Gasteiger partial charge on any atom is -0.378 e. The van der Waals surface area contributed by atoms with Crippen LogP contribution < -0.4 is 15.1 Å². The Bertz CT molecular complexity index is 1230. The highest BCUT2D eigenvalue weighted by Crippen LogP contribution is 2.33. The van der Waals surface area contributed by atoms with Crippen LogP contribution in [0.4, 0.5) is 16.5 Å². The van der Waals surface area contributed by atoms with Crippen LogP contribution in [-0.4, -0.2) is 49.6 Å². The SMILES string of the molecule is O=C(Nc1ccc2nc(N3CCOCC3)sc2c1)C1CC(=O)N(c2ccc3c(c2)CCC3)C1. The van der Waals surface area contributed by atoms with Crippen LogP contribution in [0, 0.1) is 5.92 Å². The number of aryl methyl sites for hydroxylation is 2. The van der Waals surface area contributed by atoms with Gasteiger partial charge < -0.3 is 19.9 Å². The average Bonchev–Trinajstić information content (AvgIpc) is 3.56. The number of carbonyl (C=O) groups excluding carboxylic acids is 2. The van der Waals surface area contributed by atoms with Crippen LogP contribution in [0.1, 0.15) is 24.0 Å². The quantitative estimate of drug-likeness (QED) is 0.641. The van der Waals surface area contributed by atoms with E-state index in [2.05, 4.69) is 22.3 Å². The Balaban J connectivity index is 1.14. The second-order valence-electron chi connectivity index (χ2n) is 8.98. The van der Waals surface area contributed by atoms with Gasteiger partial charge in [0.25, 0.3) is 0 Å². The van der Waals surface area contributed by atoms with Crippen LogP contribution in [0.2, 0.25) is 0 Å². The van der Waals surface area contributed by atoms with Crippen molar-refractivity contribution in [1.29, 1.82) is 0 Å². The van der Waals surface area contributed by atoms with Gasteiger partial charge in [0.15, 0.2) is 5.13 Å². The van der Waals surface area contributed by atoms with Crippen molar-refractivity contribution in [2.24, 2.45) is 5.92 Å². The third-order valence-corrected chi connectivity index (χ3v) is 7.89. The van der Waals surface area contributed by atoms with E-state index in [9.17, 15) is 9.59 Å². The number of hydrogen-bond acceptors (Lipinski definition) is 6. The molecule has 1 aliphatic carbocycles. The zero-order valence-electron chi connectivity index (χ0n) is 18.4. The van der Waals surface area contributed by atoms with Crippen LogP contribution in [0.5, 0.6) is 0 Å². The third-order valence-electron chi connectivity index (χ3n) is 6.82. The van der Waals surface area contributed by atoms with Crippen LogP contribution >= 0.6 is 11.3 Å². The Kier molecular flexibility index (Phi) is 5.27. The van der Waals surface area contributed by atoms with E-state index in [1.165, 1.54) is 17.5 Å². The molecule has 1 aromatic heterocycles. The van der Waals surface area contributed by atoms with Gasteiger partial charge in [-0.2, -0.15) is 0 Å². The van der Waals surface area contributed by atoms with Crippen molar-refractivity contribution in [3.05, 3.63) is 47.5 Å². The molecule has 3 aromatic rings. The number of fused-ring (bicyclic) bond motifs is 2. The first-order valence-electron chi connectivity index (χ1n) is 11.6. The highest BCUT2D eigenvalue weighted by Gasteiger charge is 2.35. The van der Waals surface area contributed by atoms with E-state index in [0.717, 1.165) is 65.9 Å². The number of thiazole rings is 1. The van der Waals surface area contributed by atoms with Crippen molar-refractivity contribution in [2.45, 2.75) is 25.7 Å². The van der Waals surface area contributed by atoms with E-state index in [1.807, 2.05) is 24.3 Å². The lowest BCUT2D eigenvalue weighted by Gasteiger charge is -2.25. The summed E-state index contributed by atoms with van der Waals surface area (Å²) in [5, 5.41) is 4.02. The number of carbonyl (C=O) groups is 2. The number of anilines is 3. The molecule has 2 saturated heterocycles. The molecule has 1 N–H and O–H groups in total. The number of amides is 2. The molecule has 2 aliphatic heterocycles. The van der Waals surface area contributed by atoms with Crippen molar-refractivity contribution >= 4 is 49.9 Å². The van der Waals surface area contributed by atoms with Crippen LogP contribution in [-0.2, 0) is 27.2 Å². The zero-order valence-corrected chi connectivity index (χ0v) is 19.2. The molecular weight excluding hydrogens is 436 g/mol. The van der Waals surface area contributed by atoms with E-state index in [0.29, 0.717) is 6.54 Å². The van der Waals surface area contributed by atoms with Crippen molar-refractivity contribution in [1.82, 2.24) is 4.98 Å². The first-order valence-corrected chi connectivity index (χ1v) is 12.4. The maximum Gasteiger partial charge on any atom is 0.229 e. The van der Waals surface area contributed by atoms with Gasteiger partial charge in [-0.25, -0.2) is 4.98 Å². The molecule has 0 spiro atoms. The third kappa shape index (κ3) is 3.98. The molecule has 3 aliphatic rings. The van der Waals surface area contributed by atoms with Gasteiger partial charge in [0.1, 0.15) is 0 Å². The largest absolute Gasteiger partial charge is 0.378 e. The molecule has 3 heterocycles. The number of aromatic nitrogens is 1. The number of rotatable bonds is 4. The van der Waals surface area contributed by atoms with E-state index in [1.54, 1.807) is 16.2 Å². The summed E-state index contributed by atoms with van der Waals surface area (Å²) in [6, 6.07) is 12.1. The van der Waals surface area contributed by atoms with E-state index in [-0.39, 0.29) is 24.2 Å². The summed E-state index contributed by atoms with van der Waals surface area (Å²) in [5.74, 6) is -0.447. The standard InChI is InChI=1S/C25H26N4O3S/c30-23-13-18(15-29(23)20-6-4-16-2-1-3-17(16)12-20)24(31)26-19-5-7-21-22(14-19)33-25(27-21)28-8-10-32-11-9-28/h4-7,12,14,18H,1-3,8-11,13,15H2,(H,26,31). The summed E-state index contributed by atoms with van der Waals surface area (Å²) >= 11 is 1.63. The van der Waals surface area contributed by atoms with Crippen LogP contribution in [0.3, 0.4) is 0 Å². The molecular formula is C25H26N4O3S. The molecule has 8 heteroatoms. The van der Waals surface area contributed by atoms with Gasteiger partial charge in [0, 0.05) is 37.4 Å². The highest BCUT2D eigenvalue weighted by molar-refractivity contribution is 7.22. The number of benzene rings is 2. The zero-order chi connectivity index (χ0) is 22.4.